The number of thiophene rings is 1. The van der Waals surface area contributed by atoms with Crippen molar-refractivity contribution in [1.82, 2.24) is 0 Å². The van der Waals surface area contributed by atoms with E-state index in [2.05, 4.69) is 0 Å². The summed E-state index contributed by atoms with van der Waals surface area (Å²) in [7, 11) is 0. The molecule has 1 aromatic heterocycles. The van der Waals surface area contributed by atoms with Gasteiger partial charge in [-0.2, -0.15) is 13.2 Å². The molecule has 0 amide bonds. The molecule has 0 spiro atoms. The van der Waals surface area contributed by atoms with Crippen LogP contribution in [0.1, 0.15) is 29.3 Å². The van der Waals surface area contributed by atoms with Crippen LogP contribution in [0.3, 0.4) is 0 Å². The molecule has 3 rings (SSSR count). The molecule has 1 aromatic carbocycles. The van der Waals surface area contributed by atoms with E-state index in [4.69, 9.17) is 5.73 Å². The van der Waals surface area contributed by atoms with Gasteiger partial charge in [0.2, 0.25) is 0 Å². The summed E-state index contributed by atoms with van der Waals surface area (Å²) >= 11 is 1.26. The SMILES string of the molecule is NC(c1ccc(-c2cc(C(F)(F)F)ccc2F)s1)C1CC1. The van der Waals surface area contributed by atoms with Crippen LogP contribution < -0.4 is 5.73 Å². The normalized spacial score (nSPS) is 17.0. The van der Waals surface area contributed by atoms with E-state index in [1.165, 1.54) is 11.3 Å². The smallest absolute Gasteiger partial charge is 0.323 e. The molecular formula is C15H13F4NS. The number of nitrogens with two attached hydrogens (primary N) is 1. The number of halogens is 4. The molecular weight excluding hydrogens is 302 g/mol. The molecule has 0 radical (unpaired) electrons. The van der Waals surface area contributed by atoms with Crippen molar-refractivity contribution < 1.29 is 17.6 Å². The number of hydrogen-bond acceptors (Lipinski definition) is 2. The van der Waals surface area contributed by atoms with Crippen LogP contribution in [0, 0.1) is 11.7 Å². The maximum atomic E-state index is 13.8. The van der Waals surface area contributed by atoms with E-state index >= 15 is 0 Å². The van der Waals surface area contributed by atoms with Crippen molar-refractivity contribution in [3.63, 3.8) is 0 Å². The van der Waals surface area contributed by atoms with Crippen LogP contribution in [0.2, 0.25) is 0 Å². The van der Waals surface area contributed by atoms with Crippen molar-refractivity contribution in [2.24, 2.45) is 11.7 Å². The van der Waals surface area contributed by atoms with Gasteiger partial charge in [-0.3, -0.25) is 0 Å². The van der Waals surface area contributed by atoms with Gasteiger partial charge < -0.3 is 5.73 Å². The highest BCUT2D eigenvalue weighted by atomic mass is 32.1. The third kappa shape index (κ3) is 2.96. The summed E-state index contributed by atoms with van der Waals surface area (Å²) in [6.45, 7) is 0. The molecule has 1 unspecified atom stereocenters. The number of hydrogen-bond donors (Lipinski definition) is 1. The zero-order valence-electron chi connectivity index (χ0n) is 11.0. The van der Waals surface area contributed by atoms with Gasteiger partial charge in [-0.15, -0.1) is 11.3 Å². The maximum absolute atomic E-state index is 13.8. The molecule has 1 aliphatic rings. The van der Waals surface area contributed by atoms with E-state index < -0.39 is 17.6 Å². The zero-order valence-corrected chi connectivity index (χ0v) is 11.8. The standard InChI is InChI=1S/C15H13F4NS/c16-11-4-3-9(15(17,18)19)7-10(11)12-5-6-13(21-12)14(20)8-1-2-8/h3-8,14H,1-2,20H2. The van der Waals surface area contributed by atoms with Crippen LogP contribution in [0.25, 0.3) is 10.4 Å². The summed E-state index contributed by atoms with van der Waals surface area (Å²) in [4.78, 5) is 1.37. The second kappa shape index (κ2) is 5.10. The Hall–Kier alpha value is -1.40. The highest BCUT2D eigenvalue weighted by molar-refractivity contribution is 7.15. The van der Waals surface area contributed by atoms with Gasteiger partial charge in [0.05, 0.1) is 5.56 Å². The molecule has 0 bridgehead atoms. The Bertz CT molecular complexity index is 658. The maximum Gasteiger partial charge on any atom is 0.416 e. The molecule has 1 nitrogen and oxygen atoms in total. The lowest BCUT2D eigenvalue weighted by Crippen LogP contribution is -2.10. The predicted octanol–water partition coefficient (Wildman–Crippen LogP) is 4.98. The van der Waals surface area contributed by atoms with E-state index in [-0.39, 0.29) is 11.6 Å². The van der Waals surface area contributed by atoms with Crippen molar-refractivity contribution in [3.8, 4) is 10.4 Å². The molecule has 2 N–H and O–H groups in total. The van der Waals surface area contributed by atoms with Crippen molar-refractivity contribution in [1.29, 1.82) is 0 Å². The summed E-state index contributed by atoms with van der Waals surface area (Å²) in [6.07, 6.45) is -2.33. The minimum Gasteiger partial charge on any atom is -0.323 e. The monoisotopic (exact) mass is 315 g/mol. The third-order valence-corrected chi connectivity index (χ3v) is 4.86. The van der Waals surface area contributed by atoms with Crippen LogP contribution in [0.5, 0.6) is 0 Å². The first-order chi connectivity index (χ1) is 9.86. The molecule has 6 heteroatoms. The third-order valence-electron chi connectivity index (χ3n) is 3.64. The van der Waals surface area contributed by atoms with Gasteiger partial charge in [0.15, 0.2) is 0 Å². The molecule has 112 valence electrons. The van der Waals surface area contributed by atoms with Gasteiger partial charge in [0.1, 0.15) is 5.82 Å². The van der Waals surface area contributed by atoms with E-state index in [9.17, 15) is 17.6 Å². The lowest BCUT2D eigenvalue weighted by molar-refractivity contribution is -0.137. The van der Waals surface area contributed by atoms with Crippen LogP contribution in [0.4, 0.5) is 17.6 Å². The highest BCUT2D eigenvalue weighted by Gasteiger charge is 2.32. The first kappa shape index (κ1) is 14.5. The molecule has 2 aromatic rings. The fourth-order valence-corrected chi connectivity index (χ4v) is 3.38. The highest BCUT2D eigenvalue weighted by Crippen LogP contribution is 2.43. The Kier molecular flexibility index (Phi) is 3.53. The Morgan fingerprint density at radius 1 is 1.14 bits per heavy atom. The average Bonchev–Trinajstić information content (AvgIpc) is 3.15. The number of alkyl halides is 3. The molecule has 0 saturated heterocycles. The summed E-state index contributed by atoms with van der Waals surface area (Å²) in [5.74, 6) is -0.209. The van der Waals surface area contributed by atoms with Gasteiger partial charge in [0.25, 0.3) is 0 Å². The molecule has 1 fully saturated rings. The summed E-state index contributed by atoms with van der Waals surface area (Å²) in [5.41, 5.74) is 5.19. The summed E-state index contributed by atoms with van der Waals surface area (Å²) in [5, 5.41) is 0. The minimum atomic E-state index is -4.48. The van der Waals surface area contributed by atoms with Crippen molar-refractivity contribution in [3.05, 3.63) is 46.6 Å². The van der Waals surface area contributed by atoms with Crippen molar-refractivity contribution in [2.45, 2.75) is 25.1 Å². The molecule has 0 aliphatic heterocycles. The molecule has 1 aliphatic carbocycles. The molecule has 1 saturated carbocycles. The fraction of sp³-hybridized carbons (Fsp3) is 0.333. The quantitative estimate of drug-likeness (QED) is 0.794. The minimum absolute atomic E-state index is 0.0240. The van der Waals surface area contributed by atoms with Crippen molar-refractivity contribution in [2.75, 3.05) is 0 Å². The van der Waals surface area contributed by atoms with Crippen molar-refractivity contribution >= 4 is 11.3 Å². The van der Waals surface area contributed by atoms with Gasteiger partial charge >= 0.3 is 6.18 Å². The van der Waals surface area contributed by atoms with E-state index in [1.807, 2.05) is 0 Å². The van der Waals surface area contributed by atoms with Gasteiger partial charge in [0, 0.05) is 21.4 Å². The lowest BCUT2D eigenvalue weighted by Gasteiger charge is -2.09. The number of benzene rings is 1. The molecule has 1 heterocycles. The molecule has 1 atom stereocenters. The Morgan fingerprint density at radius 3 is 2.48 bits per heavy atom. The van der Waals surface area contributed by atoms with Gasteiger partial charge in [-0.05, 0) is 49.1 Å². The lowest BCUT2D eigenvalue weighted by atomic mass is 10.1. The van der Waals surface area contributed by atoms with E-state index in [0.717, 1.165) is 35.9 Å². The van der Waals surface area contributed by atoms with E-state index in [0.29, 0.717) is 10.8 Å². The fourth-order valence-electron chi connectivity index (χ4n) is 2.25. The van der Waals surface area contributed by atoms with Gasteiger partial charge in [-0.1, -0.05) is 0 Å². The average molecular weight is 315 g/mol. The second-order valence-electron chi connectivity index (χ2n) is 5.26. The largest absolute Gasteiger partial charge is 0.416 e. The Morgan fingerprint density at radius 2 is 1.86 bits per heavy atom. The van der Waals surface area contributed by atoms with Crippen LogP contribution in [-0.4, -0.2) is 0 Å². The first-order valence-corrected chi connectivity index (χ1v) is 7.40. The first-order valence-electron chi connectivity index (χ1n) is 6.58. The summed E-state index contributed by atoms with van der Waals surface area (Å²) in [6, 6.07) is 5.79. The second-order valence-corrected chi connectivity index (χ2v) is 6.37. The van der Waals surface area contributed by atoms with E-state index in [1.54, 1.807) is 12.1 Å². The summed E-state index contributed by atoms with van der Waals surface area (Å²) < 4.78 is 52.0. The van der Waals surface area contributed by atoms with Crippen LogP contribution >= 0.6 is 11.3 Å². The van der Waals surface area contributed by atoms with Gasteiger partial charge in [-0.25, -0.2) is 4.39 Å². The Balaban J connectivity index is 1.96. The van der Waals surface area contributed by atoms with Crippen LogP contribution in [-0.2, 0) is 6.18 Å². The number of rotatable bonds is 3. The predicted molar refractivity (Wildman–Crippen MR) is 74.4 cm³/mol. The molecule has 21 heavy (non-hydrogen) atoms. The Labute approximate surface area is 123 Å². The zero-order chi connectivity index (χ0) is 15.2. The van der Waals surface area contributed by atoms with Crippen LogP contribution in [0.15, 0.2) is 30.3 Å². The topological polar surface area (TPSA) is 26.0 Å².